The van der Waals surface area contributed by atoms with E-state index in [2.05, 4.69) is 10.1 Å². The lowest BCUT2D eigenvalue weighted by atomic mass is 10.1. The molecule has 3 nitrogen and oxygen atoms in total. The minimum Gasteiger partial charge on any atom is -0.262 e. The van der Waals surface area contributed by atoms with E-state index in [1.54, 1.807) is 30.7 Å². The van der Waals surface area contributed by atoms with Crippen molar-refractivity contribution in [1.82, 2.24) is 14.8 Å². The Hall–Kier alpha value is -1.76. The van der Waals surface area contributed by atoms with Crippen molar-refractivity contribution < 1.29 is 13.2 Å². The van der Waals surface area contributed by atoms with E-state index in [-0.39, 0.29) is 11.3 Å². The molecule has 2 aromatic heterocycles. The molecule has 0 atom stereocenters. The van der Waals surface area contributed by atoms with Crippen molar-refractivity contribution in [3.63, 3.8) is 0 Å². The molecule has 0 unspecified atom stereocenters. The van der Waals surface area contributed by atoms with E-state index in [0.29, 0.717) is 5.56 Å². The van der Waals surface area contributed by atoms with Crippen molar-refractivity contribution in [2.45, 2.75) is 19.0 Å². The molecule has 0 bridgehead atoms. The number of halogens is 3. The Morgan fingerprint density at radius 2 is 2.11 bits per heavy atom. The van der Waals surface area contributed by atoms with Crippen molar-refractivity contribution in [3.05, 3.63) is 42.5 Å². The van der Waals surface area contributed by atoms with Gasteiger partial charge in [-0.25, -0.2) is 4.68 Å². The first kappa shape index (κ1) is 13.7. The topological polar surface area (TPSA) is 30.7 Å². The molecule has 0 aromatic carbocycles. The number of thiocarbonyl (C=S) groups is 1. The fourth-order valence-corrected chi connectivity index (χ4v) is 1.70. The third kappa shape index (κ3) is 3.85. The average molecular weight is 285 g/mol. The van der Waals surface area contributed by atoms with Crippen LogP contribution in [0.2, 0.25) is 0 Å². The molecule has 0 saturated carbocycles. The Kier molecular flexibility index (Phi) is 3.94. The summed E-state index contributed by atoms with van der Waals surface area (Å²) in [7, 11) is 0. The van der Waals surface area contributed by atoms with Crippen molar-refractivity contribution in [2.24, 2.45) is 0 Å². The third-order valence-corrected chi connectivity index (χ3v) is 2.89. The molecule has 2 rings (SSSR count). The second-order valence-electron chi connectivity index (χ2n) is 3.92. The molecule has 100 valence electrons. The highest BCUT2D eigenvalue weighted by Gasteiger charge is 2.27. The summed E-state index contributed by atoms with van der Waals surface area (Å²) in [6, 6.07) is 3.54. The molecular weight excluding hydrogens is 275 g/mol. The molecule has 2 aromatic rings. The highest BCUT2D eigenvalue weighted by atomic mass is 32.1. The first-order chi connectivity index (χ1) is 8.96. The number of alkyl halides is 3. The lowest BCUT2D eigenvalue weighted by molar-refractivity contribution is -0.132. The van der Waals surface area contributed by atoms with Gasteiger partial charge in [-0.3, -0.25) is 4.98 Å². The number of pyridine rings is 1. The minimum absolute atomic E-state index is 0.197. The number of nitrogens with zero attached hydrogens (tertiary/aromatic N) is 3. The fraction of sp³-hybridized carbons (Fsp3) is 0.250. The molecule has 7 heteroatoms. The zero-order valence-electron chi connectivity index (χ0n) is 9.76. The molecule has 0 radical (unpaired) electrons. The molecule has 0 amide bonds. The molecule has 19 heavy (non-hydrogen) atoms. The predicted molar refractivity (Wildman–Crippen MR) is 68.3 cm³/mol. The van der Waals surface area contributed by atoms with E-state index in [0.717, 1.165) is 5.69 Å². The number of hydrogen-bond donors (Lipinski definition) is 0. The Morgan fingerprint density at radius 3 is 2.74 bits per heavy atom. The Balaban J connectivity index is 2.07. The maximum atomic E-state index is 12.1. The zero-order chi connectivity index (χ0) is 13.9. The predicted octanol–water partition coefficient (Wildman–Crippen LogP) is 3.33. The van der Waals surface area contributed by atoms with Gasteiger partial charge in [-0.1, -0.05) is 12.2 Å². The van der Waals surface area contributed by atoms with Gasteiger partial charge in [-0.2, -0.15) is 18.3 Å². The summed E-state index contributed by atoms with van der Waals surface area (Å²) in [6.07, 6.45) is 1.00. The molecule has 0 fully saturated rings. The van der Waals surface area contributed by atoms with Crippen molar-refractivity contribution in [3.8, 4) is 5.69 Å². The maximum Gasteiger partial charge on any atom is 0.389 e. The lowest BCUT2D eigenvalue weighted by Crippen LogP contribution is -2.10. The minimum atomic E-state index is -4.19. The SMILES string of the molecule is FC(F)(F)CCC(=S)c1cnn(-c2cccnc2)c1. The van der Waals surface area contributed by atoms with E-state index in [9.17, 15) is 13.2 Å². The van der Waals surface area contributed by atoms with E-state index < -0.39 is 12.6 Å². The summed E-state index contributed by atoms with van der Waals surface area (Å²) in [4.78, 5) is 4.20. The summed E-state index contributed by atoms with van der Waals surface area (Å²) in [5, 5.41) is 4.06. The van der Waals surface area contributed by atoms with Gasteiger partial charge < -0.3 is 0 Å². The molecule has 0 saturated heterocycles. The average Bonchev–Trinajstić information content (AvgIpc) is 2.86. The third-order valence-electron chi connectivity index (χ3n) is 2.45. The first-order valence-corrected chi connectivity index (χ1v) is 5.91. The van der Waals surface area contributed by atoms with E-state index in [1.807, 2.05) is 0 Å². The first-order valence-electron chi connectivity index (χ1n) is 5.51. The van der Waals surface area contributed by atoms with Gasteiger partial charge in [-0.15, -0.1) is 0 Å². The number of aromatic nitrogens is 3. The van der Waals surface area contributed by atoms with Gasteiger partial charge in [0, 0.05) is 29.2 Å². The van der Waals surface area contributed by atoms with E-state index in [4.69, 9.17) is 12.2 Å². The van der Waals surface area contributed by atoms with Crippen molar-refractivity contribution in [2.75, 3.05) is 0 Å². The second kappa shape index (κ2) is 5.48. The largest absolute Gasteiger partial charge is 0.389 e. The molecule has 0 spiro atoms. The number of hydrogen-bond acceptors (Lipinski definition) is 3. The highest BCUT2D eigenvalue weighted by Crippen LogP contribution is 2.23. The Morgan fingerprint density at radius 1 is 1.32 bits per heavy atom. The van der Waals surface area contributed by atoms with Crippen LogP contribution in [0.5, 0.6) is 0 Å². The van der Waals surface area contributed by atoms with Crippen molar-refractivity contribution in [1.29, 1.82) is 0 Å². The Labute approximate surface area is 113 Å². The molecule has 0 N–H and O–H groups in total. The van der Waals surface area contributed by atoms with Gasteiger partial charge in [0.1, 0.15) is 0 Å². The Bertz CT molecular complexity index is 563. The lowest BCUT2D eigenvalue weighted by Gasteiger charge is -2.05. The van der Waals surface area contributed by atoms with Gasteiger partial charge in [0.15, 0.2) is 0 Å². The van der Waals surface area contributed by atoms with Gasteiger partial charge in [0.2, 0.25) is 0 Å². The van der Waals surface area contributed by atoms with Crippen LogP contribution in [0.3, 0.4) is 0 Å². The van der Waals surface area contributed by atoms with Crippen LogP contribution < -0.4 is 0 Å². The van der Waals surface area contributed by atoms with Crippen LogP contribution in [0, 0.1) is 0 Å². The summed E-state index contributed by atoms with van der Waals surface area (Å²) in [5.41, 5.74) is 1.26. The number of rotatable bonds is 4. The summed E-state index contributed by atoms with van der Waals surface area (Å²) >= 11 is 4.98. The standard InChI is InChI=1S/C12H10F3N3S/c13-12(14,15)4-3-11(19)9-6-17-18(8-9)10-2-1-5-16-7-10/h1-2,5-8H,3-4H2. The molecule has 0 aliphatic rings. The van der Waals surface area contributed by atoms with Gasteiger partial charge in [0.25, 0.3) is 0 Å². The highest BCUT2D eigenvalue weighted by molar-refractivity contribution is 7.80. The summed E-state index contributed by atoms with van der Waals surface area (Å²) in [5.74, 6) is 0. The van der Waals surface area contributed by atoms with Gasteiger partial charge >= 0.3 is 6.18 Å². The maximum absolute atomic E-state index is 12.1. The van der Waals surface area contributed by atoms with Crippen LogP contribution in [0.15, 0.2) is 36.9 Å². The second-order valence-corrected chi connectivity index (χ2v) is 4.42. The van der Waals surface area contributed by atoms with Crippen LogP contribution >= 0.6 is 12.2 Å². The molecular formula is C12H10F3N3S. The van der Waals surface area contributed by atoms with E-state index in [1.165, 1.54) is 10.9 Å². The van der Waals surface area contributed by atoms with Crippen molar-refractivity contribution >= 4 is 17.1 Å². The van der Waals surface area contributed by atoms with Crippen LogP contribution in [-0.4, -0.2) is 25.8 Å². The quantitative estimate of drug-likeness (QED) is 0.637. The van der Waals surface area contributed by atoms with E-state index >= 15 is 0 Å². The van der Waals surface area contributed by atoms with Gasteiger partial charge in [0.05, 0.1) is 18.1 Å². The smallest absolute Gasteiger partial charge is 0.262 e. The normalized spacial score (nSPS) is 11.5. The summed E-state index contributed by atoms with van der Waals surface area (Å²) in [6.45, 7) is 0. The summed E-state index contributed by atoms with van der Waals surface area (Å²) < 4.78 is 37.9. The van der Waals surface area contributed by atoms with Crippen LogP contribution in [0.25, 0.3) is 5.69 Å². The molecule has 0 aliphatic carbocycles. The zero-order valence-corrected chi connectivity index (χ0v) is 10.6. The molecule has 0 aliphatic heterocycles. The van der Waals surface area contributed by atoms with Crippen LogP contribution in [0.4, 0.5) is 13.2 Å². The van der Waals surface area contributed by atoms with Crippen LogP contribution in [-0.2, 0) is 0 Å². The monoisotopic (exact) mass is 285 g/mol. The molecule has 2 heterocycles. The van der Waals surface area contributed by atoms with Gasteiger partial charge in [-0.05, 0) is 18.6 Å². The fourth-order valence-electron chi connectivity index (χ4n) is 1.50. The van der Waals surface area contributed by atoms with Crippen LogP contribution in [0.1, 0.15) is 18.4 Å².